The van der Waals surface area contributed by atoms with Crippen LogP contribution in [-0.4, -0.2) is 56.2 Å². The number of allylic oxidation sites excluding steroid dienone is 1. The summed E-state index contributed by atoms with van der Waals surface area (Å²) >= 11 is 1.50. The molecule has 1 aliphatic rings. The SMILES string of the molecule is COCCOC(=O)C1=C(C)N=C(C)C(C(=O)OC(C)C)C1c1ccccc1-c1nc(-c2ccc(OC)cc2)cs1. The van der Waals surface area contributed by atoms with E-state index in [0.717, 1.165) is 33.1 Å². The van der Waals surface area contributed by atoms with Crippen LogP contribution in [0.3, 0.4) is 0 Å². The predicted molar refractivity (Wildman–Crippen MR) is 156 cm³/mol. The highest BCUT2D eigenvalue weighted by atomic mass is 32.1. The molecule has 2 unspecified atom stereocenters. The Hall–Kier alpha value is -3.82. The number of hydrogen-bond acceptors (Lipinski definition) is 9. The maximum absolute atomic E-state index is 13.5. The van der Waals surface area contributed by atoms with E-state index in [1.165, 1.54) is 18.4 Å². The maximum Gasteiger partial charge on any atom is 0.336 e. The minimum Gasteiger partial charge on any atom is -0.497 e. The molecule has 1 aliphatic heterocycles. The molecule has 0 radical (unpaired) electrons. The van der Waals surface area contributed by atoms with Crippen LogP contribution in [0.15, 0.2) is 70.2 Å². The molecule has 0 N–H and O–H groups in total. The van der Waals surface area contributed by atoms with Gasteiger partial charge in [0, 0.05) is 40.9 Å². The minimum atomic E-state index is -0.807. The Bertz CT molecular complexity index is 1420. The van der Waals surface area contributed by atoms with Crippen molar-refractivity contribution in [3.63, 3.8) is 0 Å². The summed E-state index contributed by atoms with van der Waals surface area (Å²) < 4.78 is 21.5. The van der Waals surface area contributed by atoms with E-state index in [4.69, 9.17) is 23.9 Å². The number of ether oxygens (including phenoxy) is 4. The minimum absolute atomic E-state index is 0.0853. The molecule has 0 saturated heterocycles. The van der Waals surface area contributed by atoms with Crippen molar-refractivity contribution in [2.75, 3.05) is 27.4 Å². The molecule has 2 atom stereocenters. The first-order valence-electron chi connectivity index (χ1n) is 13.1. The summed E-state index contributed by atoms with van der Waals surface area (Å²) in [5, 5.41) is 2.76. The Kier molecular flexibility index (Phi) is 9.50. The van der Waals surface area contributed by atoms with Gasteiger partial charge in [0.15, 0.2) is 0 Å². The van der Waals surface area contributed by atoms with E-state index in [9.17, 15) is 9.59 Å². The number of aromatic nitrogens is 1. The van der Waals surface area contributed by atoms with Crippen molar-refractivity contribution in [3.8, 4) is 27.6 Å². The lowest BCUT2D eigenvalue weighted by Crippen LogP contribution is -2.37. The largest absolute Gasteiger partial charge is 0.497 e. The zero-order valence-electron chi connectivity index (χ0n) is 23.6. The van der Waals surface area contributed by atoms with Crippen LogP contribution < -0.4 is 4.74 Å². The molecule has 3 aromatic rings. The first kappa shape index (κ1) is 29.2. The summed E-state index contributed by atoms with van der Waals surface area (Å²) in [6, 6.07) is 15.4. The van der Waals surface area contributed by atoms with Crippen LogP contribution in [0, 0.1) is 5.92 Å². The number of methoxy groups -OCH3 is 2. The molecule has 0 fully saturated rings. The predicted octanol–water partition coefficient (Wildman–Crippen LogP) is 6.08. The average Bonchev–Trinajstić information content (AvgIpc) is 3.42. The molecule has 210 valence electrons. The fourth-order valence-corrected chi connectivity index (χ4v) is 5.68. The fraction of sp³-hybridized carbons (Fsp3) is 0.355. The third-order valence-corrected chi connectivity index (χ3v) is 7.47. The van der Waals surface area contributed by atoms with Crippen LogP contribution in [0.4, 0.5) is 0 Å². The number of esters is 2. The van der Waals surface area contributed by atoms with Crippen LogP contribution in [-0.2, 0) is 23.8 Å². The topological polar surface area (TPSA) is 96.3 Å². The smallest absolute Gasteiger partial charge is 0.336 e. The molecule has 2 aromatic carbocycles. The first-order chi connectivity index (χ1) is 19.2. The zero-order valence-corrected chi connectivity index (χ0v) is 24.4. The van der Waals surface area contributed by atoms with Crippen molar-refractivity contribution in [3.05, 3.63) is 70.7 Å². The van der Waals surface area contributed by atoms with Gasteiger partial charge in [-0.25, -0.2) is 9.78 Å². The molecule has 0 bridgehead atoms. The molecular formula is C31H34N2O6S. The molecular weight excluding hydrogens is 528 g/mol. The van der Waals surface area contributed by atoms with Crippen molar-refractivity contribution in [2.45, 2.75) is 39.7 Å². The van der Waals surface area contributed by atoms with Crippen LogP contribution in [0.1, 0.15) is 39.2 Å². The molecule has 9 heteroatoms. The van der Waals surface area contributed by atoms with Gasteiger partial charge in [-0.2, -0.15) is 0 Å². The highest BCUT2D eigenvalue weighted by molar-refractivity contribution is 7.13. The van der Waals surface area contributed by atoms with E-state index >= 15 is 0 Å². The molecule has 40 heavy (non-hydrogen) atoms. The molecule has 0 aliphatic carbocycles. The number of carbonyl (C=O) groups is 2. The van der Waals surface area contributed by atoms with Gasteiger partial charge in [0.25, 0.3) is 0 Å². The highest BCUT2D eigenvalue weighted by Gasteiger charge is 2.43. The van der Waals surface area contributed by atoms with Crippen LogP contribution in [0.5, 0.6) is 5.75 Å². The summed E-state index contributed by atoms with van der Waals surface area (Å²) in [6.07, 6.45) is -0.327. The van der Waals surface area contributed by atoms with E-state index in [0.29, 0.717) is 17.0 Å². The lowest BCUT2D eigenvalue weighted by molar-refractivity contribution is -0.150. The van der Waals surface area contributed by atoms with Gasteiger partial charge in [-0.15, -0.1) is 11.3 Å². The number of benzene rings is 2. The van der Waals surface area contributed by atoms with Gasteiger partial charge < -0.3 is 18.9 Å². The average molecular weight is 563 g/mol. The number of aliphatic imine (C=N–C) groups is 1. The number of hydrogen-bond donors (Lipinski definition) is 0. The Labute approximate surface area is 238 Å². The molecule has 1 aromatic heterocycles. The standard InChI is InChI=1S/C31H34N2O6S/c1-18(2)39-31(35)27-20(4)32-19(3)26(30(34)38-16-15-36-5)28(27)23-9-7-8-10-24(23)29-33-25(17-40-29)21-11-13-22(37-6)14-12-21/h7-14,17-18,27-28H,15-16H2,1-6H3. The second-order valence-corrected chi connectivity index (χ2v) is 10.5. The lowest BCUT2D eigenvalue weighted by Gasteiger charge is -2.33. The summed E-state index contributed by atoms with van der Waals surface area (Å²) in [7, 11) is 3.17. The molecule has 0 saturated carbocycles. The van der Waals surface area contributed by atoms with Crippen molar-refractivity contribution in [2.24, 2.45) is 10.9 Å². The van der Waals surface area contributed by atoms with Crippen LogP contribution in [0.25, 0.3) is 21.8 Å². The maximum atomic E-state index is 13.5. The number of nitrogens with zero attached hydrogens (tertiary/aromatic N) is 2. The Morgan fingerprint density at radius 1 is 1.00 bits per heavy atom. The summed E-state index contributed by atoms with van der Waals surface area (Å²) in [4.78, 5) is 36.5. The van der Waals surface area contributed by atoms with E-state index in [1.54, 1.807) is 34.8 Å². The van der Waals surface area contributed by atoms with E-state index in [2.05, 4.69) is 4.99 Å². The second-order valence-electron chi connectivity index (χ2n) is 9.68. The van der Waals surface area contributed by atoms with Crippen molar-refractivity contribution in [1.82, 2.24) is 4.98 Å². The molecule has 0 spiro atoms. The molecule has 8 nitrogen and oxygen atoms in total. The van der Waals surface area contributed by atoms with Gasteiger partial charge in [0.1, 0.15) is 23.3 Å². The first-order valence-corrected chi connectivity index (χ1v) is 13.9. The van der Waals surface area contributed by atoms with Gasteiger partial charge in [-0.1, -0.05) is 24.3 Å². The Morgan fingerprint density at radius 2 is 1.73 bits per heavy atom. The molecule has 2 heterocycles. The number of rotatable bonds is 10. The summed E-state index contributed by atoms with van der Waals surface area (Å²) in [5.74, 6) is -1.69. The number of thiazole rings is 1. The van der Waals surface area contributed by atoms with Gasteiger partial charge >= 0.3 is 11.9 Å². The van der Waals surface area contributed by atoms with Gasteiger partial charge in [-0.3, -0.25) is 9.79 Å². The number of carbonyl (C=O) groups excluding carboxylic acids is 2. The van der Waals surface area contributed by atoms with Gasteiger partial charge in [0.2, 0.25) is 0 Å². The summed E-state index contributed by atoms with van der Waals surface area (Å²) in [5.41, 5.74) is 4.78. The zero-order chi connectivity index (χ0) is 28.8. The van der Waals surface area contributed by atoms with Crippen molar-refractivity contribution in [1.29, 1.82) is 0 Å². The fourth-order valence-electron chi connectivity index (χ4n) is 4.80. The molecule has 4 rings (SSSR count). The Balaban J connectivity index is 1.82. The third-order valence-electron chi connectivity index (χ3n) is 6.59. The van der Waals surface area contributed by atoms with Crippen LogP contribution in [0.2, 0.25) is 0 Å². The normalized spacial score (nSPS) is 17.0. The third kappa shape index (κ3) is 6.32. The second kappa shape index (κ2) is 13.0. The van der Waals surface area contributed by atoms with Crippen molar-refractivity contribution < 1.29 is 28.5 Å². The highest BCUT2D eigenvalue weighted by Crippen LogP contribution is 2.44. The van der Waals surface area contributed by atoms with E-state index < -0.39 is 23.8 Å². The summed E-state index contributed by atoms with van der Waals surface area (Å²) in [6.45, 7) is 7.50. The quantitative estimate of drug-likeness (QED) is 0.218. The van der Waals surface area contributed by atoms with E-state index in [1.807, 2.05) is 53.9 Å². The van der Waals surface area contributed by atoms with Gasteiger partial charge in [-0.05, 0) is 57.5 Å². The van der Waals surface area contributed by atoms with Gasteiger partial charge in [0.05, 0.1) is 31.1 Å². The lowest BCUT2D eigenvalue weighted by atomic mass is 9.74. The molecule has 0 amide bonds. The Morgan fingerprint density at radius 3 is 2.40 bits per heavy atom. The monoisotopic (exact) mass is 562 g/mol. The van der Waals surface area contributed by atoms with E-state index in [-0.39, 0.29) is 19.3 Å². The van der Waals surface area contributed by atoms with Crippen LogP contribution >= 0.6 is 11.3 Å². The van der Waals surface area contributed by atoms with Crippen molar-refractivity contribution >= 4 is 29.0 Å².